The van der Waals surface area contributed by atoms with Gasteiger partial charge < -0.3 is 15.1 Å². The Labute approximate surface area is 125 Å². The summed E-state index contributed by atoms with van der Waals surface area (Å²) in [5, 5.41) is 17.6. The third-order valence-electron chi connectivity index (χ3n) is 2.98. The maximum atomic E-state index is 10.2. The van der Waals surface area contributed by atoms with Crippen molar-refractivity contribution in [2.75, 3.05) is 18.0 Å². The predicted molar refractivity (Wildman–Crippen MR) is 85.1 cm³/mol. The fourth-order valence-electron chi connectivity index (χ4n) is 1.86. The van der Waals surface area contributed by atoms with E-state index in [0.29, 0.717) is 11.3 Å². The Morgan fingerprint density at radius 3 is 2.05 bits per heavy atom. The lowest BCUT2D eigenvalue weighted by Crippen LogP contribution is -2.21. The molecule has 2 aromatic carbocycles. The average molecular weight is 287 g/mol. The zero-order valence-corrected chi connectivity index (χ0v) is 12.4. The Kier molecular flexibility index (Phi) is 6.81. The minimum atomic E-state index is -0.879. The molecular weight excluding hydrogens is 266 g/mol. The monoisotopic (exact) mass is 287 g/mol. The van der Waals surface area contributed by atoms with Gasteiger partial charge in [0.1, 0.15) is 5.75 Å². The number of carboxylic acids is 1. The molecule has 21 heavy (non-hydrogen) atoms. The number of hydrogen-bond donors (Lipinski definition) is 2. The molecule has 0 spiro atoms. The topological polar surface area (TPSA) is 60.8 Å². The highest BCUT2D eigenvalue weighted by Gasteiger charge is 2.00. The van der Waals surface area contributed by atoms with Crippen molar-refractivity contribution in [3.63, 3.8) is 0 Å². The highest BCUT2D eigenvalue weighted by atomic mass is 16.4. The summed E-state index contributed by atoms with van der Waals surface area (Å²) in [7, 11) is 0. The summed E-state index contributed by atoms with van der Waals surface area (Å²) in [5.41, 5.74) is 1.41. The van der Waals surface area contributed by atoms with Crippen LogP contribution in [0, 0.1) is 0 Å². The lowest BCUT2D eigenvalue weighted by atomic mass is 10.2. The Morgan fingerprint density at radius 1 is 1.00 bits per heavy atom. The number of phenols is 1. The number of hydrogen-bond acceptors (Lipinski definition) is 3. The second-order valence-electron chi connectivity index (χ2n) is 4.36. The molecular formula is C17H21NO3. The number of anilines is 1. The smallest absolute Gasteiger partial charge is 0.335 e. The molecule has 0 aliphatic carbocycles. The van der Waals surface area contributed by atoms with Gasteiger partial charge in [-0.15, -0.1) is 0 Å². The van der Waals surface area contributed by atoms with Crippen LogP contribution in [0.3, 0.4) is 0 Å². The maximum absolute atomic E-state index is 10.2. The molecule has 0 saturated heterocycles. The Morgan fingerprint density at radius 2 is 1.62 bits per heavy atom. The van der Waals surface area contributed by atoms with Crippen LogP contribution in [0.5, 0.6) is 5.75 Å². The minimum Gasteiger partial charge on any atom is -0.508 e. The number of nitrogens with zero attached hydrogens (tertiary/aromatic N) is 1. The van der Waals surface area contributed by atoms with Crippen molar-refractivity contribution in [1.29, 1.82) is 0 Å². The van der Waals surface area contributed by atoms with Crippen molar-refractivity contribution in [2.45, 2.75) is 13.8 Å². The Bertz CT molecular complexity index is 551. The lowest BCUT2D eigenvalue weighted by molar-refractivity contribution is 0.0697. The van der Waals surface area contributed by atoms with E-state index in [9.17, 15) is 9.90 Å². The van der Waals surface area contributed by atoms with Crippen molar-refractivity contribution >= 4 is 11.7 Å². The fraction of sp³-hybridized carbons (Fsp3) is 0.235. The van der Waals surface area contributed by atoms with E-state index in [1.807, 2.05) is 12.1 Å². The van der Waals surface area contributed by atoms with Crippen molar-refractivity contribution < 1.29 is 15.0 Å². The van der Waals surface area contributed by atoms with Gasteiger partial charge in [0.2, 0.25) is 0 Å². The van der Waals surface area contributed by atoms with Gasteiger partial charge in [0.25, 0.3) is 0 Å². The molecule has 0 radical (unpaired) electrons. The molecule has 0 bridgehead atoms. The van der Waals surface area contributed by atoms with Gasteiger partial charge in [-0.2, -0.15) is 0 Å². The van der Waals surface area contributed by atoms with E-state index in [0.717, 1.165) is 18.8 Å². The first-order chi connectivity index (χ1) is 10.1. The van der Waals surface area contributed by atoms with Gasteiger partial charge in [0.05, 0.1) is 5.56 Å². The number of rotatable bonds is 4. The molecule has 0 aliphatic rings. The summed E-state index contributed by atoms with van der Waals surface area (Å²) in [6.45, 7) is 6.15. The normalized spacial score (nSPS) is 9.43. The molecule has 0 unspecified atom stereocenters. The van der Waals surface area contributed by atoms with E-state index in [-0.39, 0.29) is 0 Å². The first-order valence-corrected chi connectivity index (χ1v) is 6.90. The predicted octanol–water partition coefficient (Wildman–Crippen LogP) is 3.62. The standard InChI is InChI=1S/C10H15NO.C7H6O2/c1-3-11(4-2)9-6-5-7-10(12)8-9;8-7(9)6-4-2-1-3-5-6/h5-8,12H,3-4H2,1-2H3;1-5H,(H,8,9). The van der Waals surface area contributed by atoms with Crippen LogP contribution in [0.1, 0.15) is 24.2 Å². The van der Waals surface area contributed by atoms with E-state index in [2.05, 4.69) is 18.7 Å². The third-order valence-corrected chi connectivity index (χ3v) is 2.98. The van der Waals surface area contributed by atoms with Crippen molar-refractivity contribution in [1.82, 2.24) is 0 Å². The van der Waals surface area contributed by atoms with Crippen LogP contribution in [0.2, 0.25) is 0 Å². The van der Waals surface area contributed by atoms with Crippen LogP contribution in [-0.2, 0) is 0 Å². The van der Waals surface area contributed by atoms with Crippen LogP contribution in [0.25, 0.3) is 0 Å². The maximum Gasteiger partial charge on any atom is 0.335 e. The van der Waals surface area contributed by atoms with Crippen LogP contribution in [0.15, 0.2) is 54.6 Å². The summed E-state index contributed by atoms with van der Waals surface area (Å²) in [6, 6.07) is 15.6. The molecule has 4 nitrogen and oxygen atoms in total. The quantitative estimate of drug-likeness (QED) is 0.901. The molecule has 0 saturated carbocycles. The zero-order valence-electron chi connectivity index (χ0n) is 12.4. The van der Waals surface area contributed by atoms with Crippen LogP contribution in [0.4, 0.5) is 5.69 Å². The van der Waals surface area contributed by atoms with Crippen LogP contribution < -0.4 is 4.90 Å². The number of aromatic hydroxyl groups is 1. The van der Waals surface area contributed by atoms with E-state index in [4.69, 9.17) is 5.11 Å². The van der Waals surface area contributed by atoms with Crippen LogP contribution in [-0.4, -0.2) is 29.3 Å². The number of carbonyl (C=O) groups is 1. The molecule has 4 heteroatoms. The summed E-state index contributed by atoms with van der Waals surface area (Å²) in [4.78, 5) is 12.4. The number of phenolic OH excluding ortho intramolecular Hbond substituents is 1. The van der Waals surface area contributed by atoms with Gasteiger partial charge in [-0.3, -0.25) is 0 Å². The number of carboxylic acid groups (broad SMARTS) is 1. The largest absolute Gasteiger partial charge is 0.508 e. The zero-order chi connectivity index (χ0) is 15.7. The molecule has 0 fully saturated rings. The molecule has 2 rings (SSSR count). The number of aromatic carboxylic acids is 1. The van der Waals surface area contributed by atoms with Crippen molar-refractivity contribution in [3.8, 4) is 5.75 Å². The van der Waals surface area contributed by atoms with E-state index in [1.54, 1.807) is 42.5 Å². The molecule has 2 N–H and O–H groups in total. The summed E-state index contributed by atoms with van der Waals surface area (Å²) < 4.78 is 0. The SMILES string of the molecule is CCN(CC)c1cccc(O)c1.O=C(O)c1ccccc1. The second-order valence-corrected chi connectivity index (χ2v) is 4.36. The molecule has 2 aromatic rings. The molecule has 0 aromatic heterocycles. The molecule has 0 aliphatic heterocycles. The van der Waals surface area contributed by atoms with E-state index < -0.39 is 5.97 Å². The van der Waals surface area contributed by atoms with Crippen LogP contribution >= 0.6 is 0 Å². The Hall–Kier alpha value is -2.49. The lowest BCUT2D eigenvalue weighted by Gasteiger charge is -2.20. The molecule has 0 heterocycles. The minimum absolute atomic E-state index is 0.331. The van der Waals surface area contributed by atoms with E-state index in [1.165, 1.54) is 0 Å². The molecule has 0 atom stereocenters. The van der Waals surface area contributed by atoms with Gasteiger partial charge in [0.15, 0.2) is 0 Å². The Balaban J connectivity index is 0.000000219. The third kappa shape index (κ3) is 5.57. The highest BCUT2D eigenvalue weighted by molar-refractivity contribution is 5.87. The molecule has 112 valence electrons. The summed E-state index contributed by atoms with van der Waals surface area (Å²) in [6.07, 6.45) is 0. The van der Waals surface area contributed by atoms with Gasteiger partial charge in [-0.05, 0) is 38.1 Å². The highest BCUT2D eigenvalue weighted by Crippen LogP contribution is 2.19. The van der Waals surface area contributed by atoms with Gasteiger partial charge in [-0.25, -0.2) is 4.79 Å². The summed E-state index contributed by atoms with van der Waals surface area (Å²) in [5.74, 6) is -0.546. The first-order valence-electron chi connectivity index (χ1n) is 6.90. The van der Waals surface area contributed by atoms with Gasteiger partial charge in [0, 0.05) is 24.8 Å². The fourth-order valence-corrected chi connectivity index (χ4v) is 1.86. The van der Waals surface area contributed by atoms with Crippen molar-refractivity contribution in [2.24, 2.45) is 0 Å². The van der Waals surface area contributed by atoms with E-state index >= 15 is 0 Å². The van der Waals surface area contributed by atoms with Gasteiger partial charge in [-0.1, -0.05) is 24.3 Å². The second kappa shape index (κ2) is 8.64. The summed E-state index contributed by atoms with van der Waals surface area (Å²) >= 11 is 0. The van der Waals surface area contributed by atoms with Crippen molar-refractivity contribution in [3.05, 3.63) is 60.2 Å². The first kappa shape index (κ1) is 16.6. The van der Waals surface area contributed by atoms with Gasteiger partial charge >= 0.3 is 5.97 Å². The number of benzene rings is 2. The average Bonchev–Trinajstić information content (AvgIpc) is 2.50. The molecule has 0 amide bonds.